The summed E-state index contributed by atoms with van der Waals surface area (Å²) in [5, 5.41) is 0. The van der Waals surface area contributed by atoms with Crippen molar-refractivity contribution >= 4 is 38.9 Å². The molecular formula is C11H9BrN2O2S. The van der Waals surface area contributed by atoms with Gasteiger partial charge in [-0.3, -0.25) is 4.98 Å². The average molecular weight is 313 g/mol. The second-order valence-electron chi connectivity index (χ2n) is 3.32. The van der Waals surface area contributed by atoms with Gasteiger partial charge in [-0.25, -0.2) is 4.79 Å². The maximum atomic E-state index is 11.7. The first-order valence-corrected chi connectivity index (χ1v) is 6.43. The standard InChI is InChI=1S/C11H9BrN2O2S/c12-8-1-7(2-9(13)3-8)11(15)16-5-10-4-14-6-17-10/h1-4,6H,5,13H2. The molecule has 0 aliphatic heterocycles. The molecule has 0 saturated heterocycles. The van der Waals surface area contributed by atoms with E-state index in [-0.39, 0.29) is 6.61 Å². The summed E-state index contributed by atoms with van der Waals surface area (Å²) in [7, 11) is 0. The van der Waals surface area contributed by atoms with E-state index in [1.807, 2.05) is 0 Å². The maximum Gasteiger partial charge on any atom is 0.338 e. The number of aromatic nitrogens is 1. The second-order valence-corrected chi connectivity index (χ2v) is 5.20. The van der Waals surface area contributed by atoms with Gasteiger partial charge in [-0.2, -0.15) is 0 Å². The molecule has 4 nitrogen and oxygen atoms in total. The van der Waals surface area contributed by atoms with Crippen molar-refractivity contribution in [3.05, 3.63) is 44.8 Å². The summed E-state index contributed by atoms with van der Waals surface area (Å²) in [6, 6.07) is 4.98. The van der Waals surface area contributed by atoms with E-state index in [1.54, 1.807) is 29.9 Å². The summed E-state index contributed by atoms with van der Waals surface area (Å²) >= 11 is 4.72. The van der Waals surface area contributed by atoms with Gasteiger partial charge in [0.05, 0.1) is 16.0 Å². The minimum Gasteiger partial charge on any atom is -0.456 e. The number of carbonyl (C=O) groups excluding carboxylic acids is 1. The molecule has 0 saturated carbocycles. The van der Waals surface area contributed by atoms with Crippen LogP contribution in [0.2, 0.25) is 0 Å². The zero-order chi connectivity index (χ0) is 12.3. The predicted octanol–water partition coefficient (Wildman–Crippen LogP) is 2.84. The molecule has 2 N–H and O–H groups in total. The third-order valence-corrected chi connectivity index (χ3v) is 3.20. The van der Waals surface area contributed by atoms with Crippen LogP contribution in [0.1, 0.15) is 15.2 Å². The number of rotatable bonds is 3. The third-order valence-electron chi connectivity index (χ3n) is 1.98. The Hall–Kier alpha value is -1.40. The quantitative estimate of drug-likeness (QED) is 0.699. The van der Waals surface area contributed by atoms with Crippen molar-refractivity contribution in [3.8, 4) is 0 Å². The van der Waals surface area contributed by atoms with Crippen molar-refractivity contribution in [3.63, 3.8) is 0 Å². The molecule has 88 valence electrons. The Bertz CT molecular complexity index is 508. The third kappa shape index (κ3) is 3.28. The second kappa shape index (κ2) is 5.29. The van der Waals surface area contributed by atoms with Gasteiger partial charge in [0.25, 0.3) is 0 Å². The first-order chi connectivity index (χ1) is 8.15. The van der Waals surface area contributed by atoms with Crippen molar-refractivity contribution in [2.75, 3.05) is 5.73 Å². The zero-order valence-electron chi connectivity index (χ0n) is 8.72. The van der Waals surface area contributed by atoms with Crippen LogP contribution in [0.5, 0.6) is 0 Å². The summed E-state index contributed by atoms with van der Waals surface area (Å²) in [4.78, 5) is 16.5. The van der Waals surface area contributed by atoms with Crippen molar-refractivity contribution in [1.82, 2.24) is 4.98 Å². The Kier molecular flexibility index (Phi) is 3.75. The predicted molar refractivity (Wildman–Crippen MR) is 69.8 cm³/mol. The minimum atomic E-state index is -0.397. The highest BCUT2D eigenvalue weighted by Gasteiger charge is 2.09. The molecule has 6 heteroatoms. The summed E-state index contributed by atoms with van der Waals surface area (Å²) < 4.78 is 5.89. The number of anilines is 1. The van der Waals surface area contributed by atoms with Gasteiger partial charge in [0.2, 0.25) is 0 Å². The van der Waals surface area contributed by atoms with Crippen molar-refractivity contribution in [2.45, 2.75) is 6.61 Å². The Balaban J connectivity index is 2.04. The van der Waals surface area contributed by atoms with Gasteiger partial charge < -0.3 is 10.5 Å². The molecule has 17 heavy (non-hydrogen) atoms. The van der Waals surface area contributed by atoms with Crippen molar-refractivity contribution in [1.29, 1.82) is 0 Å². The topological polar surface area (TPSA) is 65.2 Å². The number of ether oxygens (including phenoxy) is 1. The number of carbonyl (C=O) groups is 1. The van der Waals surface area contributed by atoms with E-state index in [1.165, 1.54) is 11.3 Å². The molecule has 2 aromatic rings. The van der Waals surface area contributed by atoms with Gasteiger partial charge in [-0.1, -0.05) is 15.9 Å². The summed E-state index contributed by atoms with van der Waals surface area (Å²) in [6.45, 7) is 0.232. The zero-order valence-corrected chi connectivity index (χ0v) is 11.1. The first-order valence-electron chi connectivity index (χ1n) is 4.76. The molecular weight excluding hydrogens is 304 g/mol. The van der Waals surface area contributed by atoms with Gasteiger partial charge in [0.15, 0.2) is 0 Å². The van der Waals surface area contributed by atoms with E-state index in [0.717, 1.165) is 9.35 Å². The Morgan fingerprint density at radius 2 is 2.29 bits per heavy atom. The lowest BCUT2D eigenvalue weighted by Gasteiger charge is -2.04. The monoisotopic (exact) mass is 312 g/mol. The molecule has 0 radical (unpaired) electrons. The number of hydrogen-bond donors (Lipinski definition) is 1. The average Bonchev–Trinajstić information content (AvgIpc) is 2.77. The Labute approximate surface area is 111 Å². The van der Waals surface area contributed by atoms with Crippen LogP contribution < -0.4 is 5.73 Å². The van der Waals surface area contributed by atoms with Crippen LogP contribution in [-0.4, -0.2) is 11.0 Å². The van der Waals surface area contributed by atoms with Gasteiger partial charge in [-0.15, -0.1) is 11.3 Å². The number of esters is 1. The highest BCUT2D eigenvalue weighted by molar-refractivity contribution is 9.10. The fourth-order valence-electron chi connectivity index (χ4n) is 1.26. The van der Waals surface area contributed by atoms with Crippen LogP contribution in [0.4, 0.5) is 5.69 Å². The van der Waals surface area contributed by atoms with Crippen LogP contribution in [0.15, 0.2) is 34.4 Å². The molecule has 0 bridgehead atoms. The lowest BCUT2D eigenvalue weighted by Crippen LogP contribution is -2.05. The SMILES string of the molecule is Nc1cc(Br)cc(C(=O)OCc2cncs2)c1. The van der Waals surface area contributed by atoms with Gasteiger partial charge in [0, 0.05) is 16.4 Å². The normalized spacial score (nSPS) is 10.2. The largest absolute Gasteiger partial charge is 0.456 e. The molecule has 0 spiro atoms. The van der Waals surface area contributed by atoms with Crippen LogP contribution >= 0.6 is 27.3 Å². The van der Waals surface area contributed by atoms with Crippen molar-refractivity contribution in [2.24, 2.45) is 0 Å². The van der Waals surface area contributed by atoms with Crippen LogP contribution in [0, 0.1) is 0 Å². The fourth-order valence-corrected chi connectivity index (χ4v) is 2.28. The first kappa shape index (κ1) is 12.1. The summed E-state index contributed by atoms with van der Waals surface area (Å²) in [5.41, 5.74) is 8.29. The number of nitrogen functional groups attached to an aromatic ring is 1. The van der Waals surface area contributed by atoms with E-state index in [0.29, 0.717) is 11.3 Å². The lowest BCUT2D eigenvalue weighted by molar-refractivity contribution is 0.0476. The van der Waals surface area contributed by atoms with E-state index < -0.39 is 5.97 Å². The maximum absolute atomic E-state index is 11.7. The molecule has 0 amide bonds. The van der Waals surface area contributed by atoms with Crippen LogP contribution in [-0.2, 0) is 11.3 Å². The van der Waals surface area contributed by atoms with E-state index in [9.17, 15) is 4.79 Å². The van der Waals surface area contributed by atoms with E-state index in [2.05, 4.69) is 20.9 Å². The molecule has 2 rings (SSSR count). The van der Waals surface area contributed by atoms with Gasteiger partial charge in [0.1, 0.15) is 6.61 Å². The highest BCUT2D eigenvalue weighted by atomic mass is 79.9. The lowest BCUT2D eigenvalue weighted by atomic mass is 10.2. The molecule has 0 atom stereocenters. The number of nitrogens with two attached hydrogens (primary N) is 1. The van der Waals surface area contributed by atoms with Gasteiger partial charge in [-0.05, 0) is 18.2 Å². The summed E-state index contributed by atoms with van der Waals surface area (Å²) in [6.07, 6.45) is 1.67. The highest BCUT2D eigenvalue weighted by Crippen LogP contribution is 2.18. The van der Waals surface area contributed by atoms with Crippen LogP contribution in [0.25, 0.3) is 0 Å². The number of nitrogens with zero attached hydrogens (tertiary/aromatic N) is 1. The Morgan fingerprint density at radius 1 is 1.47 bits per heavy atom. The Morgan fingerprint density at radius 3 is 2.94 bits per heavy atom. The number of benzene rings is 1. The summed E-state index contributed by atoms with van der Waals surface area (Å²) in [5.74, 6) is -0.397. The van der Waals surface area contributed by atoms with Gasteiger partial charge >= 0.3 is 5.97 Å². The number of hydrogen-bond acceptors (Lipinski definition) is 5. The smallest absolute Gasteiger partial charge is 0.338 e. The van der Waals surface area contributed by atoms with Crippen LogP contribution in [0.3, 0.4) is 0 Å². The molecule has 0 fully saturated rings. The molecule has 1 aromatic carbocycles. The van der Waals surface area contributed by atoms with Crippen molar-refractivity contribution < 1.29 is 9.53 Å². The fraction of sp³-hybridized carbons (Fsp3) is 0.0909. The van der Waals surface area contributed by atoms with E-state index in [4.69, 9.17) is 10.5 Å². The minimum absolute atomic E-state index is 0.232. The molecule has 1 aromatic heterocycles. The molecule has 0 aliphatic rings. The van der Waals surface area contributed by atoms with E-state index >= 15 is 0 Å². The molecule has 1 heterocycles. The molecule has 0 unspecified atom stereocenters. The molecule has 0 aliphatic carbocycles. The number of halogens is 1. The number of thiazole rings is 1.